The van der Waals surface area contributed by atoms with Crippen molar-refractivity contribution in [1.29, 1.82) is 0 Å². The Hall–Kier alpha value is -1.71. The van der Waals surface area contributed by atoms with E-state index in [2.05, 4.69) is 13.8 Å². The van der Waals surface area contributed by atoms with Gasteiger partial charge in [-0.25, -0.2) is 0 Å². The summed E-state index contributed by atoms with van der Waals surface area (Å²) in [6.07, 6.45) is 0. The lowest BCUT2D eigenvalue weighted by Crippen LogP contribution is -2.31. The van der Waals surface area contributed by atoms with Crippen LogP contribution in [0.1, 0.15) is 24.2 Å². The normalized spacial score (nSPS) is 10.6. The first-order chi connectivity index (χ1) is 8.32. The quantitative estimate of drug-likeness (QED) is 0.831. The molecule has 0 atom stereocenters. The Balaban J connectivity index is 3.07. The molecule has 0 aliphatic carbocycles. The third kappa shape index (κ3) is 3.39. The van der Waals surface area contributed by atoms with Crippen LogP contribution in [0.4, 0.5) is 11.4 Å². The zero-order chi connectivity index (χ0) is 13.9. The summed E-state index contributed by atoms with van der Waals surface area (Å²) in [5, 5.41) is 0. The van der Waals surface area contributed by atoms with E-state index in [-0.39, 0.29) is 5.91 Å². The minimum atomic E-state index is 0.0136. The molecule has 1 aromatic carbocycles. The average Bonchev–Trinajstić information content (AvgIpc) is 2.26. The van der Waals surface area contributed by atoms with Crippen LogP contribution >= 0.6 is 0 Å². The van der Waals surface area contributed by atoms with E-state index in [1.54, 1.807) is 11.0 Å². The number of hydrogen-bond donors (Lipinski definition) is 1. The first-order valence-electron chi connectivity index (χ1n) is 6.15. The molecule has 0 unspecified atom stereocenters. The maximum absolute atomic E-state index is 12.4. The van der Waals surface area contributed by atoms with Crippen LogP contribution < -0.4 is 10.6 Å². The van der Waals surface area contributed by atoms with Gasteiger partial charge in [0.15, 0.2) is 0 Å². The van der Waals surface area contributed by atoms with Crippen molar-refractivity contribution in [3.05, 3.63) is 23.8 Å². The average molecular weight is 249 g/mol. The molecule has 1 aromatic rings. The second-order valence-electron chi connectivity index (χ2n) is 5.25. The SMILES string of the molecule is CC(C)CN(C)C(=O)c1cc(N)ccc1N(C)C. The van der Waals surface area contributed by atoms with Gasteiger partial charge in [0, 0.05) is 39.1 Å². The molecule has 0 spiro atoms. The molecule has 0 aromatic heterocycles. The van der Waals surface area contributed by atoms with Crippen LogP contribution in [0.2, 0.25) is 0 Å². The van der Waals surface area contributed by atoms with Crippen LogP contribution in [0.5, 0.6) is 0 Å². The van der Waals surface area contributed by atoms with Crippen molar-refractivity contribution < 1.29 is 4.79 Å². The Bertz CT molecular complexity index is 427. The van der Waals surface area contributed by atoms with E-state index in [1.165, 1.54) is 0 Å². The molecule has 0 radical (unpaired) electrons. The number of rotatable bonds is 4. The molecular formula is C14H23N3O. The zero-order valence-electron chi connectivity index (χ0n) is 11.9. The number of nitrogens with zero attached hydrogens (tertiary/aromatic N) is 2. The van der Waals surface area contributed by atoms with Gasteiger partial charge in [-0.3, -0.25) is 4.79 Å². The van der Waals surface area contributed by atoms with Gasteiger partial charge < -0.3 is 15.5 Å². The van der Waals surface area contributed by atoms with E-state index in [1.807, 2.05) is 38.2 Å². The first-order valence-corrected chi connectivity index (χ1v) is 6.15. The van der Waals surface area contributed by atoms with Crippen LogP contribution in [-0.2, 0) is 0 Å². The lowest BCUT2D eigenvalue weighted by atomic mass is 10.1. The fourth-order valence-electron chi connectivity index (χ4n) is 1.95. The molecule has 0 fully saturated rings. The summed E-state index contributed by atoms with van der Waals surface area (Å²) in [5.74, 6) is 0.461. The summed E-state index contributed by atoms with van der Waals surface area (Å²) in [6, 6.07) is 5.44. The second kappa shape index (κ2) is 5.76. The number of hydrogen-bond acceptors (Lipinski definition) is 3. The summed E-state index contributed by atoms with van der Waals surface area (Å²) in [4.78, 5) is 16.1. The van der Waals surface area contributed by atoms with Crippen LogP contribution in [0.3, 0.4) is 0 Å². The summed E-state index contributed by atoms with van der Waals surface area (Å²) in [7, 11) is 5.67. The number of carbonyl (C=O) groups is 1. The van der Waals surface area contributed by atoms with E-state index in [4.69, 9.17) is 5.73 Å². The van der Waals surface area contributed by atoms with Gasteiger partial charge in [0.05, 0.1) is 5.56 Å². The second-order valence-corrected chi connectivity index (χ2v) is 5.25. The summed E-state index contributed by atoms with van der Waals surface area (Å²) in [6.45, 7) is 4.92. The lowest BCUT2D eigenvalue weighted by Gasteiger charge is -2.23. The molecule has 100 valence electrons. The molecular weight excluding hydrogens is 226 g/mol. The Morgan fingerprint density at radius 2 is 1.89 bits per heavy atom. The van der Waals surface area contributed by atoms with Gasteiger partial charge in [0.1, 0.15) is 0 Å². The first kappa shape index (κ1) is 14.4. The minimum Gasteiger partial charge on any atom is -0.399 e. The molecule has 1 rings (SSSR count). The molecule has 0 saturated heterocycles. The number of carbonyl (C=O) groups excluding carboxylic acids is 1. The predicted molar refractivity (Wildman–Crippen MR) is 77.0 cm³/mol. The van der Waals surface area contributed by atoms with Gasteiger partial charge in [0.2, 0.25) is 0 Å². The highest BCUT2D eigenvalue weighted by molar-refractivity contribution is 6.00. The Morgan fingerprint density at radius 3 is 2.39 bits per heavy atom. The fraction of sp³-hybridized carbons (Fsp3) is 0.500. The van der Waals surface area contributed by atoms with Gasteiger partial charge in [-0.2, -0.15) is 0 Å². The third-order valence-electron chi connectivity index (χ3n) is 2.72. The standard InChI is InChI=1S/C14H23N3O/c1-10(2)9-17(5)14(18)12-8-11(15)6-7-13(12)16(3)4/h6-8,10H,9,15H2,1-5H3. The summed E-state index contributed by atoms with van der Waals surface area (Å²) in [5.41, 5.74) is 7.94. The number of nitrogen functional groups attached to an aromatic ring is 1. The monoisotopic (exact) mass is 249 g/mol. The molecule has 0 saturated carbocycles. The van der Waals surface area contributed by atoms with Crippen LogP contribution in [0.25, 0.3) is 0 Å². The summed E-state index contributed by atoms with van der Waals surface area (Å²) >= 11 is 0. The van der Waals surface area contributed by atoms with Gasteiger partial charge in [0.25, 0.3) is 5.91 Å². The smallest absolute Gasteiger partial charge is 0.255 e. The Kier molecular flexibility index (Phi) is 4.59. The largest absolute Gasteiger partial charge is 0.399 e. The van der Waals surface area contributed by atoms with Crippen molar-refractivity contribution in [3.63, 3.8) is 0 Å². The van der Waals surface area contributed by atoms with Crippen molar-refractivity contribution in [2.45, 2.75) is 13.8 Å². The van der Waals surface area contributed by atoms with Gasteiger partial charge in [-0.15, -0.1) is 0 Å². The predicted octanol–water partition coefficient (Wildman–Crippen LogP) is 2.06. The number of anilines is 2. The maximum atomic E-state index is 12.4. The minimum absolute atomic E-state index is 0.0136. The van der Waals surface area contributed by atoms with Crippen LogP contribution in [0.15, 0.2) is 18.2 Å². The van der Waals surface area contributed by atoms with Crippen molar-refractivity contribution >= 4 is 17.3 Å². The molecule has 2 N–H and O–H groups in total. The van der Waals surface area contributed by atoms with Crippen molar-refractivity contribution in [3.8, 4) is 0 Å². The Labute approximate surface area is 109 Å². The molecule has 0 heterocycles. The molecule has 1 amide bonds. The summed E-state index contributed by atoms with van der Waals surface area (Å²) < 4.78 is 0. The van der Waals surface area contributed by atoms with E-state index < -0.39 is 0 Å². The van der Waals surface area contributed by atoms with Crippen molar-refractivity contribution in [2.75, 3.05) is 38.3 Å². The van der Waals surface area contributed by atoms with Crippen LogP contribution in [0, 0.1) is 5.92 Å². The molecule has 4 nitrogen and oxygen atoms in total. The van der Waals surface area contributed by atoms with Gasteiger partial charge in [-0.1, -0.05) is 13.8 Å². The van der Waals surface area contributed by atoms with Crippen molar-refractivity contribution in [1.82, 2.24) is 4.90 Å². The molecule has 0 aliphatic heterocycles. The van der Waals surface area contributed by atoms with Gasteiger partial charge in [-0.05, 0) is 24.1 Å². The number of nitrogens with two attached hydrogens (primary N) is 1. The Morgan fingerprint density at radius 1 is 1.28 bits per heavy atom. The van der Waals surface area contributed by atoms with Crippen LogP contribution in [-0.4, -0.2) is 38.5 Å². The van der Waals surface area contributed by atoms with E-state index in [0.717, 1.165) is 12.2 Å². The number of amides is 1. The van der Waals surface area contributed by atoms with E-state index >= 15 is 0 Å². The van der Waals surface area contributed by atoms with Crippen molar-refractivity contribution in [2.24, 2.45) is 5.92 Å². The molecule has 4 heteroatoms. The molecule has 0 bridgehead atoms. The highest BCUT2D eigenvalue weighted by atomic mass is 16.2. The molecule has 0 aliphatic rings. The lowest BCUT2D eigenvalue weighted by molar-refractivity contribution is 0.0780. The van der Waals surface area contributed by atoms with E-state index in [0.29, 0.717) is 17.2 Å². The van der Waals surface area contributed by atoms with E-state index in [9.17, 15) is 4.79 Å². The highest BCUT2D eigenvalue weighted by Gasteiger charge is 2.17. The van der Waals surface area contributed by atoms with Gasteiger partial charge >= 0.3 is 0 Å². The topological polar surface area (TPSA) is 49.6 Å². The fourth-order valence-corrected chi connectivity index (χ4v) is 1.95. The maximum Gasteiger partial charge on any atom is 0.255 e. The zero-order valence-corrected chi connectivity index (χ0v) is 11.9. The highest BCUT2D eigenvalue weighted by Crippen LogP contribution is 2.23. The number of benzene rings is 1. The molecule has 18 heavy (non-hydrogen) atoms. The third-order valence-corrected chi connectivity index (χ3v) is 2.72.